The third-order valence-corrected chi connectivity index (χ3v) is 3.94. The first-order valence-corrected chi connectivity index (χ1v) is 7.83. The number of nitrogens with one attached hydrogen (secondary N) is 1. The van der Waals surface area contributed by atoms with Gasteiger partial charge in [-0.2, -0.15) is 5.26 Å². The molecule has 0 aromatic heterocycles. The molecule has 0 fully saturated rings. The molecule has 0 aliphatic rings. The highest BCUT2D eigenvalue weighted by Gasteiger charge is 2.14. The van der Waals surface area contributed by atoms with Crippen LogP contribution in [-0.2, 0) is 4.79 Å². The molecule has 122 valence electrons. The Bertz CT molecular complexity index is 804. The number of hydrogen-bond acceptors (Lipinski definition) is 3. The van der Waals surface area contributed by atoms with Crippen molar-refractivity contribution < 1.29 is 9.90 Å². The molecule has 0 aliphatic heterocycles. The molecule has 0 saturated heterocycles. The lowest BCUT2D eigenvalue weighted by Gasteiger charge is -2.13. The summed E-state index contributed by atoms with van der Waals surface area (Å²) in [5.74, 6) is -0.745. The molecule has 2 rings (SSSR count). The summed E-state index contributed by atoms with van der Waals surface area (Å²) in [6.45, 7) is 1.83. The van der Waals surface area contributed by atoms with Crippen LogP contribution >= 0.6 is 23.2 Å². The number of carbonyl (C=O) groups is 1. The molecular weight excluding hydrogens is 347 g/mol. The maximum absolute atomic E-state index is 12.3. The van der Waals surface area contributed by atoms with Gasteiger partial charge in [-0.25, -0.2) is 0 Å². The first kappa shape index (κ1) is 17.9. The molecule has 4 nitrogen and oxygen atoms in total. The minimum Gasteiger partial charge on any atom is -0.505 e. The molecule has 0 unspecified atom stereocenters. The van der Waals surface area contributed by atoms with Crippen LogP contribution < -0.4 is 5.32 Å². The monoisotopic (exact) mass is 360 g/mol. The van der Waals surface area contributed by atoms with Gasteiger partial charge in [0.15, 0.2) is 5.75 Å². The molecule has 2 aromatic rings. The molecule has 0 spiro atoms. The van der Waals surface area contributed by atoms with Crippen molar-refractivity contribution in [3.05, 3.63) is 69.2 Å². The molecule has 0 bridgehead atoms. The molecular formula is C18H14Cl2N2O2. The zero-order chi connectivity index (χ0) is 17.7. The highest BCUT2D eigenvalue weighted by atomic mass is 35.5. The Kier molecular flexibility index (Phi) is 5.86. The van der Waals surface area contributed by atoms with Crippen LogP contribution in [-0.4, -0.2) is 11.0 Å². The number of phenolic OH excluding ortho intramolecular Hbond substituents is 1. The predicted molar refractivity (Wildman–Crippen MR) is 94.7 cm³/mol. The third-order valence-electron chi connectivity index (χ3n) is 3.36. The highest BCUT2D eigenvalue weighted by molar-refractivity contribution is 6.37. The van der Waals surface area contributed by atoms with Gasteiger partial charge in [-0.15, -0.1) is 0 Å². The first-order chi connectivity index (χ1) is 11.4. The van der Waals surface area contributed by atoms with E-state index >= 15 is 0 Å². The Morgan fingerprint density at radius 1 is 1.25 bits per heavy atom. The number of halogens is 2. The lowest BCUT2D eigenvalue weighted by Crippen LogP contribution is -2.27. The van der Waals surface area contributed by atoms with E-state index in [1.807, 2.05) is 43.3 Å². The van der Waals surface area contributed by atoms with E-state index in [0.717, 1.165) is 5.56 Å². The fraction of sp³-hybridized carbons (Fsp3) is 0.111. The Balaban J connectivity index is 2.22. The van der Waals surface area contributed by atoms with E-state index in [4.69, 9.17) is 23.2 Å². The molecule has 0 radical (unpaired) electrons. The quantitative estimate of drug-likeness (QED) is 0.623. The summed E-state index contributed by atoms with van der Waals surface area (Å²) in [6.07, 6.45) is 1.37. The predicted octanol–water partition coefficient (Wildman–Crippen LogP) is 4.48. The first-order valence-electron chi connectivity index (χ1n) is 7.08. The second-order valence-corrected chi connectivity index (χ2v) is 5.92. The van der Waals surface area contributed by atoms with Gasteiger partial charge < -0.3 is 10.4 Å². The SMILES string of the molecule is C[C@H](NC(=O)/C(C#N)=C\c1cc(Cl)c(O)c(Cl)c1)c1ccccc1. The minimum atomic E-state index is -0.505. The summed E-state index contributed by atoms with van der Waals surface area (Å²) in [5, 5.41) is 21.6. The van der Waals surface area contributed by atoms with Crippen molar-refractivity contribution in [2.45, 2.75) is 13.0 Å². The van der Waals surface area contributed by atoms with Gasteiger partial charge in [0.25, 0.3) is 5.91 Å². The van der Waals surface area contributed by atoms with Gasteiger partial charge in [0.2, 0.25) is 0 Å². The zero-order valence-electron chi connectivity index (χ0n) is 12.8. The van der Waals surface area contributed by atoms with Crippen molar-refractivity contribution in [1.29, 1.82) is 5.26 Å². The molecule has 1 atom stereocenters. The lowest BCUT2D eigenvalue weighted by atomic mass is 10.1. The van der Waals surface area contributed by atoms with Gasteiger partial charge in [0.1, 0.15) is 11.6 Å². The topological polar surface area (TPSA) is 73.1 Å². The molecule has 0 aliphatic carbocycles. The highest BCUT2D eigenvalue weighted by Crippen LogP contribution is 2.33. The van der Waals surface area contributed by atoms with Crippen molar-refractivity contribution in [3.8, 4) is 11.8 Å². The number of amides is 1. The second kappa shape index (κ2) is 7.87. The van der Waals surface area contributed by atoms with E-state index in [1.165, 1.54) is 18.2 Å². The van der Waals surface area contributed by atoms with Crippen molar-refractivity contribution in [3.63, 3.8) is 0 Å². The standard InChI is InChI=1S/C18H14Cl2N2O2/c1-11(13-5-3-2-4-6-13)22-18(24)14(10-21)7-12-8-15(19)17(23)16(20)9-12/h2-9,11,23H,1H3,(H,22,24)/b14-7-/t11-/m0/s1. The summed E-state index contributed by atoms with van der Waals surface area (Å²) < 4.78 is 0. The fourth-order valence-electron chi connectivity index (χ4n) is 2.08. The minimum absolute atomic E-state index is 0.0455. The zero-order valence-corrected chi connectivity index (χ0v) is 14.3. The normalized spacial score (nSPS) is 12.3. The van der Waals surface area contributed by atoms with Crippen molar-refractivity contribution in [1.82, 2.24) is 5.32 Å². The smallest absolute Gasteiger partial charge is 0.262 e. The number of hydrogen-bond donors (Lipinski definition) is 2. The van der Waals surface area contributed by atoms with Crippen LogP contribution in [0.4, 0.5) is 0 Å². The number of carbonyl (C=O) groups excluding carboxylic acids is 1. The van der Waals surface area contributed by atoms with E-state index in [2.05, 4.69) is 5.32 Å². The van der Waals surface area contributed by atoms with E-state index in [9.17, 15) is 15.2 Å². The van der Waals surface area contributed by atoms with E-state index in [-0.39, 0.29) is 27.4 Å². The summed E-state index contributed by atoms with van der Waals surface area (Å²) in [5.41, 5.74) is 1.29. The van der Waals surface area contributed by atoms with Crippen LogP contribution in [0.15, 0.2) is 48.0 Å². The maximum atomic E-state index is 12.3. The summed E-state index contributed by atoms with van der Waals surface area (Å²) in [4.78, 5) is 12.3. The number of nitrogens with zero attached hydrogens (tertiary/aromatic N) is 1. The molecule has 24 heavy (non-hydrogen) atoms. The summed E-state index contributed by atoms with van der Waals surface area (Å²) in [7, 11) is 0. The molecule has 6 heteroatoms. The Labute approximate surface area is 149 Å². The van der Waals surface area contributed by atoms with Crippen molar-refractivity contribution >= 4 is 35.2 Å². The van der Waals surface area contributed by atoms with Crippen LogP contribution in [0.25, 0.3) is 6.08 Å². The number of benzene rings is 2. The van der Waals surface area contributed by atoms with Crippen LogP contribution in [0.1, 0.15) is 24.1 Å². The van der Waals surface area contributed by atoms with Crippen LogP contribution in [0.3, 0.4) is 0 Å². The molecule has 2 aromatic carbocycles. The number of rotatable bonds is 4. The second-order valence-electron chi connectivity index (χ2n) is 5.11. The average molecular weight is 361 g/mol. The van der Waals surface area contributed by atoms with Crippen molar-refractivity contribution in [2.75, 3.05) is 0 Å². The number of nitriles is 1. The molecule has 1 amide bonds. The number of aromatic hydroxyl groups is 1. The Morgan fingerprint density at radius 3 is 2.38 bits per heavy atom. The third kappa shape index (κ3) is 4.29. The lowest BCUT2D eigenvalue weighted by molar-refractivity contribution is -0.117. The fourth-order valence-corrected chi connectivity index (χ4v) is 2.59. The Morgan fingerprint density at radius 2 is 1.83 bits per heavy atom. The molecule has 0 saturated carbocycles. The van der Waals surface area contributed by atoms with E-state index < -0.39 is 5.91 Å². The van der Waals surface area contributed by atoms with Crippen LogP contribution in [0.5, 0.6) is 5.75 Å². The summed E-state index contributed by atoms with van der Waals surface area (Å²) >= 11 is 11.7. The van der Waals surface area contributed by atoms with E-state index in [0.29, 0.717) is 5.56 Å². The summed E-state index contributed by atoms with van der Waals surface area (Å²) in [6, 6.07) is 13.9. The van der Waals surface area contributed by atoms with Crippen LogP contribution in [0, 0.1) is 11.3 Å². The van der Waals surface area contributed by atoms with Gasteiger partial charge in [-0.1, -0.05) is 53.5 Å². The number of phenols is 1. The van der Waals surface area contributed by atoms with Gasteiger partial charge in [-0.05, 0) is 36.3 Å². The Hall–Kier alpha value is -2.48. The van der Waals surface area contributed by atoms with E-state index in [1.54, 1.807) is 0 Å². The van der Waals surface area contributed by atoms with Gasteiger partial charge in [0, 0.05) is 0 Å². The maximum Gasteiger partial charge on any atom is 0.262 e. The average Bonchev–Trinajstić information content (AvgIpc) is 2.58. The van der Waals surface area contributed by atoms with Gasteiger partial charge in [0.05, 0.1) is 16.1 Å². The van der Waals surface area contributed by atoms with Crippen LogP contribution in [0.2, 0.25) is 10.0 Å². The largest absolute Gasteiger partial charge is 0.505 e. The van der Waals surface area contributed by atoms with Gasteiger partial charge in [-0.3, -0.25) is 4.79 Å². The molecule has 0 heterocycles. The molecule has 2 N–H and O–H groups in total. The van der Waals surface area contributed by atoms with Gasteiger partial charge >= 0.3 is 0 Å². The van der Waals surface area contributed by atoms with Crippen molar-refractivity contribution in [2.24, 2.45) is 0 Å².